The molecule has 0 saturated heterocycles. The van der Waals surface area contributed by atoms with Crippen LogP contribution in [0.4, 0.5) is 0 Å². The third kappa shape index (κ3) is 37.7. The van der Waals surface area contributed by atoms with Crippen LogP contribution in [-0.4, -0.2) is 20.7 Å². The van der Waals surface area contributed by atoms with E-state index in [1.165, 1.54) is 0 Å². The van der Waals surface area contributed by atoms with Crippen molar-refractivity contribution in [2.24, 2.45) is 0 Å². The molecular formula is C2H3Cl2Li. The molecule has 0 bridgehead atoms. The summed E-state index contributed by atoms with van der Waals surface area (Å²) < 4.78 is -0.556. The van der Waals surface area contributed by atoms with Gasteiger partial charge in [-0.15, -0.1) is 0 Å². The molecule has 0 nitrogen and oxygen atoms in total. The van der Waals surface area contributed by atoms with Gasteiger partial charge in [0.05, 0.1) is 0 Å². The summed E-state index contributed by atoms with van der Waals surface area (Å²) >= 11 is 12.3. The van der Waals surface area contributed by atoms with Gasteiger partial charge in [-0.2, -0.15) is 0 Å². The Morgan fingerprint density at radius 2 is 1.60 bits per heavy atom. The molecule has 0 aliphatic heterocycles. The SMILES string of the molecule is [Li][C](C)(Cl)Cl. The van der Waals surface area contributed by atoms with Crippen molar-refractivity contribution in [3.8, 4) is 0 Å². The Balaban J connectivity index is 3.02. The molecule has 0 heterocycles. The van der Waals surface area contributed by atoms with Crippen molar-refractivity contribution in [1.29, 1.82) is 0 Å². The van der Waals surface area contributed by atoms with Gasteiger partial charge < -0.3 is 0 Å². The molecule has 5 heavy (non-hydrogen) atoms. The average molecular weight is 105 g/mol. The number of halogens is 2. The molecule has 0 aromatic heterocycles. The van der Waals surface area contributed by atoms with Crippen LogP contribution in [0.5, 0.6) is 0 Å². The second kappa shape index (κ2) is 1.75. The molecule has 0 rings (SSSR count). The average Bonchev–Trinajstić information content (AvgIpc) is 0.722. The molecule has 0 aromatic rings. The summed E-state index contributed by atoms with van der Waals surface area (Å²) in [7, 11) is 0. The van der Waals surface area contributed by atoms with E-state index in [1.54, 1.807) is 24.6 Å². The summed E-state index contributed by atoms with van der Waals surface area (Å²) in [5, 5.41) is 0. The summed E-state index contributed by atoms with van der Waals surface area (Å²) in [4.78, 5) is 0. The van der Waals surface area contributed by atoms with Gasteiger partial charge >= 0.3 is 50.8 Å². The van der Waals surface area contributed by atoms with Crippen LogP contribution in [0, 0.1) is 0 Å². The van der Waals surface area contributed by atoms with E-state index in [9.17, 15) is 0 Å². The van der Waals surface area contributed by atoms with E-state index >= 15 is 0 Å². The standard InChI is InChI=1S/C2H3Cl2.Li/c1-2(3)4;/h1H3;. The van der Waals surface area contributed by atoms with Crippen molar-refractivity contribution in [2.75, 3.05) is 0 Å². The zero-order valence-corrected chi connectivity index (χ0v) is 4.77. The Labute approximate surface area is 51.0 Å². The van der Waals surface area contributed by atoms with Gasteiger partial charge in [-0.1, -0.05) is 0 Å². The van der Waals surface area contributed by atoms with E-state index in [1.807, 2.05) is 0 Å². The second-order valence-electron chi connectivity index (χ2n) is 1.33. The van der Waals surface area contributed by atoms with E-state index in [4.69, 9.17) is 23.2 Å². The van der Waals surface area contributed by atoms with Gasteiger partial charge in [-0.3, -0.25) is 0 Å². The first-order chi connectivity index (χ1) is 2.00. The third-order valence-corrected chi connectivity index (χ3v) is 0. The van der Waals surface area contributed by atoms with Crippen LogP contribution in [0.15, 0.2) is 0 Å². The maximum atomic E-state index is 5.30. The third-order valence-electron chi connectivity index (χ3n) is 0. The van der Waals surface area contributed by atoms with Crippen molar-refractivity contribution in [3.63, 3.8) is 0 Å². The van der Waals surface area contributed by atoms with Crippen molar-refractivity contribution in [2.45, 2.75) is 9.93 Å². The molecule has 0 saturated carbocycles. The predicted molar refractivity (Wildman–Crippen MR) is 25.9 cm³/mol. The Morgan fingerprint density at radius 3 is 1.60 bits per heavy atom. The van der Waals surface area contributed by atoms with Gasteiger partial charge in [0, 0.05) is 0 Å². The zero-order chi connectivity index (χ0) is 4.50. The van der Waals surface area contributed by atoms with Gasteiger partial charge in [0.2, 0.25) is 0 Å². The summed E-state index contributed by atoms with van der Waals surface area (Å²) in [5.74, 6) is 0. The molecule has 0 N–H and O–H groups in total. The first-order valence-corrected chi connectivity index (χ1v) is 2.13. The molecule has 0 aliphatic carbocycles. The molecule has 0 aliphatic rings. The Bertz CT molecular complexity index is 23.1. The molecule has 0 unspecified atom stereocenters. The molecule has 0 amide bonds. The minimum absolute atomic E-state index is 0.556. The molecule has 26 valence electrons. The molecule has 0 atom stereocenters. The van der Waals surface area contributed by atoms with E-state index in [-0.39, 0.29) is 0 Å². The summed E-state index contributed by atoms with van der Waals surface area (Å²) in [5.41, 5.74) is 0. The van der Waals surface area contributed by atoms with Crippen LogP contribution < -0.4 is 0 Å². The van der Waals surface area contributed by atoms with Gasteiger partial charge in [0.1, 0.15) is 0 Å². The Kier molecular flexibility index (Phi) is 2.17. The van der Waals surface area contributed by atoms with Crippen molar-refractivity contribution in [1.82, 2.24) is 0 Å². The number of alkyl halides is 2. The number of rotatable bonds is 0. The first kappa shape index (κ1) is 6.18. The van der Waals surface area contributed by atoms with E-state index < -0.39 is 3.01 Å². The summed E-state index contributed by atoms with van der Waals surface area (Å²) in [6.45, 7) is 1.72. The normalized spacial score (nSPS) is 12.2. The molecular weight excluding hydrogens is 102 g/mol. The molecule has 0 spiro atoms. The van der Waals surface area contributed by atoms with Crippen LogP contribution in [0.25, 0.3) is 0 Å². The van der Waals surface area contributed by atoms with Crippen LogP contribution in [0.2, 0.25) is 0 Å². The molecule has 0 fully saturated rings. The maximum absolute atomic E-state index is 5.30. The van der Waals surface area contributed by atoms with Crippen molar-refractivity contribution >= 4 is 40.9 Å². The van der Waals surface area contributed by atoms with Gasteiger partial charge in [0.15, 0.2) is 0 Å². The van der Waals surface area contributed by atoms with Crippen LogP contribution in [0.3, 0.4) is 0 Å². The van der Waals surface area contributed by atoms with Crippen LogP contribution in [0.1, 0.15) is 6.92 Å². The zero-order valence-electron chi connectivity index (χ0n) is 3.26. The van der Waals surface area contributed by atoms with E-state index in [0.717, 1.165) is 0 Å². The fourth-order valence-corrected chi connectivity index (χ4v) is 0. The molecule has 0 aromatic carbocycles. The van der Waals surface area contributed by atoms with E-state index in [0.29, 0.717) is 0 Å². The summed E-state index contributed by atoms with van der Waals surface area (Å²) in [6.07, 6.45) is 0. The van der Waals surface area contributed by atoms with Crippen molar-refractivity contribution in [3.05, 3.63) is 0 Å². The first-order valence-electron chi connectivity index (χ1n) is 1.38. The minimum atomic E-state index is -0.556. The monoisotopic (exact) mass is 104 g/mol. The molecule has 0 radical (unpaired) electrons. The topological polar surface area (TPSA) is 0 Å². The Morgan fingerprint density at radius 1 is 1.60 bits per heavy atom. The second-order valence-corrected chi connectivity index (χ2v) is 3.41. The van der Waals surface area contributed by atoms with Gasteiger partial charge in [-0.25, -0.2) is 0 Å². The Hall–Kier alpha value is 1.18. The summed E-state index contributed by atoms with van der Waals surface area (Å²) in [6, 6.07) is 0. The van der Waals surface area contributed by atoms with E-state index in [2.05, 4.69) is 0 Å². The van der Waals surface area contributed by atoms with Crippen LogP contribution in [-0.2, 0) is 0 Å². The predicted octanol–water partition coefficient (Wildman–Crippen LogP) is 1.31. The van der Waals surface area contributed by atoms with Crippen molar-refractivity contribution < 1.29 is 0 Å². The fourth-order valence-electron chi connectivity index (χ4n) is 0. The number of hydrogen-bond acceptors (Lipinski definition) is 0. The number of hydrogen-bond donors (Lipinski definition) is 0. The molecule has 3 heteroatoms. The van der Waals surface area contributed by atoms with Gasteiger partial charge in [-0.05, 0) is 0 Å². The van der Waals surface area contributed by atoms with Crippen LogP contribution >= 0.6 is 23.2 Å². The van der Waals surface area contributed by atoms with Gasteiger partial charge in [0.25, 0.3) is 0 Å². The quantitative estimate of drug-likeness (QED) is 0.321. The fraction of sp³-hybridized carbons (Fsp3) is 1.00.